The number of nitrogens with one attached hydrogen (secondary N) is 1. The van der Waals surface area contributed by atoms with E-state index in [1.54, 1.807) is 0 Å². The molecule has 0 aromatic carbocycles. The third-order valence-electron chi connectivity index (χ3n) is 3.90. The zero-order valence-electron chi connectivity index (χ0n) is 10.9. The topological polar surface area (TPSA) is 75.3 Å². The van der Waals surface area contributed by atoms with E-state index in [2.05, 4.69) is 5.32 Å². The molecule has 1 saturated carbocycles. The Labute approximate surface area is 104 Å². The maximum atomic E-state index is 12.2. The average molecular weight is 242 g/mol. The predicted octanol–water partition coefficient (Wildman–Crippen LogP) is 1.17. The predicted molar refractivity (Wildman–Crippen MR) is 68.5 cm³/mol. The number of nitrogens with two attached hydrogens (primary N) is 1. The maximum absolute atomic E-state index is 12.2. The fourth-order valence-corrected chi connectivity index (χ4v) is 2.47. The van der Waals surface area contributed by atoms with Crippen molar-refractivity contribution < 1.29 is 9.90 Å². The molecule has 1 rings (SSSR count). The molecule has 0 aliphatic heterocycles. The zero-order chi connectivity index (χ0) is 12.7. The summed E-state index contributed by atoms with van der Waals surface area (Å²) >= 11 is 0. The standard InChI is InChI=1S/C13H26N2O2/c1-2-11(16)9-15-12(17)13(10-14)7-5-3-4-6-8-13/h11,16H,2-10,14H2,1H3,(H,15,17). The minimum absolute atomic E-state index is 0.0365. The Bertz CT molecular complexity index is 236. The lowest BCUT2D eigenvalue weighted by Crippen LogP contribution is -2.47. The minimum atomic E-state index is -0.445. The van der Waals surface area contributed by atoms with E-state index < -0.39 is 6.10 Å². The van der Waals surface area contributed by atoms with Gasteiger partial charge in [-0.3, -0.25) is 4.79 Å². The maximum Gasteiger partial charge on any atom is 0.227 e. The van der Waals surface area contributed by atoms with Crippen molar-refractivity contribution in [2.24, 2.45) is 11.1 Å². The summed E-state index contributed by atoms with van der Waals surface area (Å²) in [5, 5.41) is 12.3. The van der Waals surface area contributed by atoms with Gasteiger partial charge in [-0.15, -0.1) is 0 Å². The minimum Gasteiger partial charge on any atom is -0.391 e. The second-order valence-electron chi connectivity index (χ2n) is 5.17. The highest BCUT2D eigenvalue weighted by Gasteiger charge is 2.37. The smallest absolute Gasteiger partial charge is 0.227 e. The summed E-state index contributed by atoms with van der Waals surface area (Å²) in [6.45, 7) is 2.67. The molecule has 4 nitrogen and oxygen atoms in total. The van der Waals surface area contributed by atoms with Gasteiger partial charge in [0.2, 0.25) is 5.91 Å². The molecule has 0 bridgehead atoms. The Morgan fingerprint density at radius 2 is 1.94 bits per heavy atom. The summed E-state index contributed by atoms with van der Waals surface area (Å²) in [7, 11) is 0. The monoisotopic (exact) mass is 242 g/mol. The lowest BCUT2D eigenvalue weighted by atomic mass is 9.79. The first-order valence-corrected chi connectivity index (χ1v) is 6.81. The van der Waals surface area contributed by atoms with Crippen LogP contribution in [-0.4, -0.2) is 30.2 Å². The molecule has 0 aromatic rings. The Kier molecular flexibility index (Phi) is 5.92. The number of carbonyl (C=O) groups is 1. The first-order valence-electron chi connectivity index (χ1n) is 6.81. The Balaban J connectivity index is 2.55. The average Bonchev–Trinajstić information content (AvgIpc) is 2.61. The summed E-state index contributed by atoms with van der Waals surface area (Å²) in [6, 6.07) is 0. The fourth-order valence-electron chi connectivity index (χ4n) is 2.47. The number of hydrogen-bond acceptors (Lipinski definition) is 3. The Hall–Kier alpha value is -0.610. The summed E-state index contributed by atoms with van der Waals surface area (Å²) in [4.78, 5) is 12.2. The van der Waals surface area contributed by atoms with Crippen LogP contribution in [0, 0.1) is 5.41 Å². The molecule has 1 amide bonds. The molecular weight excluding hydrogens is 216 g/mol. The molecule has 1 aliphatic rings. The molecule has 1 atom stereocenters. The SMILES string of the molecule is CCC(O)CNC(=O)C1(CN)CCCCCC1. The van der Waals surface area contributed by atoms with E-state index in [1.165, 1.54) is 12.8 Å². The lowest BCUT2D eigenvalue weighted by Gasteiger charge is -2.30. The van der Waals surface area contributed by atoms with Gasteiger partial charge in [0, 0.05) is 13.1 Å². The fraction of sp³-hybridized carbons (Fsp3) is 0.923. The molecule has 4 N–H and O–H groups in total. The summed E-state index contributed by atoms with van der Waals surface area (Å²) < 4.78 is 0. The van der Waals surface area contributed by atoms with Crippen molar-refractivity contribution in [2.45, 2.75) is 58.0 Å². The van der Waals surface area contributed by atoms with Crippen LogP contribution in [-0.2, 0) is 4.79 Å². The number of rotatable bonds is 5. The number of aliphatic hydroxyl groups is 1. The molecule has 1 unspecified atom stereocenters. The van der Waals surface area contributed by atoms with E-state index in [-0.39, 0.29) is 11.3 Å². The van der Waals surface area contributed by atoms with Crippen LogP contribution in [0.2, 0.25) is 0 Å². The Morgan fingerprint density at radius 3 is 2.41 bits per heavy atom. The number of amides is 1. The van der Waals surface area contributed by atoms with Gasteiger partial charge in [-0.05, 0) is 19.3 Å². The van der Waals surface area contributed by atoms with Crippen molar-refractivity contribution >= 4 is 5.91 Å². The van der Waals surface area contributed by atoms with Crippen molar-refractivity contribution in [1.82, 2.24) is 5.32 Å². The van der Waals surface area contributed by atoms with Crippen molar-refractivity contribution in [1.29, 1.82) is 0 Å². The molecule has 0 aromatic heterocycles. The van der Waals surface area contributed by atoms with Gasteiger partial charge in [0.15, 0.2) is 0 Å². The molecule has 100 valence electrons. The van der Waals surface area contributed by atoms with E-state index in [9.17, 15) is 9.90 Å². The third-order valence-corrected chi connectivity index (χ3v) is 3.90. The highest BCUT2D eigenvalue weighted by molar-refractivity contribution is 5.82. The van der Waals surface area contributed by atoms with Gasteiger partial charge < -0.3 is 16.2 Å². The lowest BCUT2D eigenvalue weighted by molar-refractivity contribution is -0.131. The molecule has 0 heterocycles. The van der Waals surface area contributed by atoms with E-state index in [0.717, 1.165) is 25.7 Å². The number of carbonyl (C=O) groups excluding carboxylic acids is 1. The first kappa shape index (κ1) is 14.5. The van der Waals surface area contributed by atoms with Gasteiger partial charge in [-0.2, -0.15) is 0 Å². The molecule has 0 spiro atoms. The third kappa shape index (κ3) is 3.96. The zero-order valence-corrected chi connectivity index (χ0v) is 10.9. The van der Waals surface area contributed by atoms with Crippen LogP contribution in [0.3, 0.4) is 0 Å². The molecule has 1 fully saturated rings. The van der Waals surface area contributed by atoms with E-state index in [0.29, 0.717) is 19.5 Å². The summed E-state index contributed by atoms with van der Waals surface area (Å²) in [5.74, 6) is 0.0365. The van der Waals surface area contributed by atoms with E-state index >= 15 is 0 Å². The van der Waals surface area contributed by atoms with Crippen LogP contribution in [0.5, 0.6) is 0 Å². The highest BCUT2D eigenvalue weighted by atomic mass is 16.3. The normalized spacial score (nSPS) is 21.6. The number of aliphatic hydroxyl groups excluding tert-OH is 1. The second kappa shape index (κ2) is 6.97. The second-order valence-corrected chi connectivity index (χ2v) is 5.17. The van der Waals surface area contributed by atoms with Crippen LogP contribution in [0.25, 0.3) is 0 Å². The van der Waals surface area contributed by atoms with Crippen LogP contribution >= 0.6 is 0 Å². The van der Waals surface area contributed by atoms with Gasteiger partial charge in [-0.25, -0.2) is 0 Å². The molecule has 0 radical (unpaired) electrons. The summed E-state index contributed by atoms with van der Waals surface area (Å²) in [5.41, 5.74) is 5.44. The van der Waals surface area contributed by atoms with Gasteiger partial charge in [0.1, 0.15) is 0 Å². The molecular formula is C13H26N2O2. The van der Waals surface area contributed by atoms with Crippen molar-refractivity contribution in [3.05, 3.63) is 0 Å². The van der Waals surface area contributed by atoms with Crippen LogP contribution in [0.4, 0.5) is 0 Å². The quantitative estimate of drug-likeness (QED) is 0.634. The largest absolute Gasteiger partial charge is 0.391 e. The summed E-state index contributed by atoms with van der Waals surface area (Å²) in [6.07, 6.45) is 6.56. The van der Waals surface area contributed by atoms with Gasteiger partial charge >= 0.3 is 0 Å². The van der Waals surface area contributed by atoms with Gasteiger partial charge in [-0.1, -0.05) is 32.6 Å². The van der Waals surface area contributed by atoms with Gasteiger partial charge in [0.05, 0.1) is 11.5 Å². The van der Waals surface area contributed by atoms with Crippen molar-refractivity contribution in [3.8, 4) is 0 Å². The molecule has 1 aliphatic carbocycles. The van der Waals surface area contributed by atoms with Crippen molar-refractivity contribution in [2.75, 3.05) is 13.1 Å². The molecule has 0 saturated heterocycles. The van der Waals surface area contributed by atoms with Crippen molar-refractivity contribution in [3.63, 3.8) is 0 Å². The number of hydrogen-bond donors (Lipinski definition) is 3. The Morgan fingerprint density at radius 1 is 1.35 bits per heavy atom. The van der Waals surface area contributed by atoms with Crippen LogP contribution < -0.4 is 11.1 Å². The molecule has 4 heteroatoms. The highest BCUT2D eigenvalue weighted by Crippen LogP contribution is 2.34. The van der Waals surface area contributed by atoms with Crippen LogP contribution in [0.1, 0.15) is 51.9 Å². The first-order chi connectivity index (χ1) is 8.14. The molecule has 17 heavy (non-hydrogen) atoms. The van der Waals surface area contributed by atoms with Crippen LogP contribution in [0.15, 0.2) is 0 Å². The van der Waals surface area contributed by atoms with E-state index in [1.807, 2.05) is 6.92 Å². The van der Waals surface area contributed by atoms with E-state index in [4.69, 9.17) is 5.73 Å². The van der Waals surface area contributed by atoms with Gasteiger partial charge in [0.25, 0.3) is 0 Å².